The summed E-state index contributed by atoms with van der Waals surface area (Å²) in [6, 6.07) is 0. The van der Waals surface area contributed by atoms with E-state index >= 15 is 0 Å². The first-order valence-electron chi connectivity index (χ1n) is 9.69. The second-order valence-electron chi connectivity index (χ2n) is 7.92. The molecule has 0 spiro atoms. The molecule has 0 bridgehead atoms. The monoisotopic (exact) mass is 296 g/mol. The van der Waals surface area contributed by atoms with Gasteiger partial charge in [-0.15, -0.1) is 0 Å². The summed E-state index contributed by atoms with van der Waals surface area (Å²) in [5, 5.41) is 0. The average molecular weight is 297 g/mol. The van der Waals surface area contributed by atoms with Crippen LogP contribution in [0.1, 0.15) is 91.9 Å². The Morgan fingerprint density at radius 1 is 0.952 bits per heavy atom. The van der Waals surface area contributed by atoms with Gasteiger partial charge < -0.3 is 4.74 Å². The second-order valence-corrected chi connectivity index (χ2v) is 7.92. The van der Waals surface area contributed by atoms with Gasteiger partial charge in [0.25, 0.3) is 0 Å². The van der Waals surface area contributed by atoms with Crippen molar-refractivity contribution in [3.63, 3.8) is 0 Å². The van der Waals surface area contributed by atoms with Crippen LogP contribution in [0.5, 0.6) is 0 Å². The van der Waals surface area contributed by atoms with Crippen molar-refractivity contribution < 1.29 is 4.74 Å². The largest absolute Gasteiger partial charge is 0.381 e. The summed E-state index contributed by atoms with van der Waals surface area (Å²) in [6.07, 6.45) is 14.4. The second kappa shape index (κ2) is 11.5. The first-order chi connectivity index (χ1) is 10.1. The molecule has 0 amide bonds. The molecule has 0 aromatic rings. The van der Waals surface area contributed by atoms with E-state index in [1.54, 1.807) is 0 Å². The Balaban J connectivity index is 2.05. The minimum Gasteiger partial charge on any atom is -0.381 e. The third-order valence-corrected chi connectivity index (χ3v) is 5.24. The van der Waals surface area contributed by atoms with E-state index in [-0.39, 0.29) is 0 Å². The van der Waals surface area contributed by atoms with E-state index < -0.39 is 0 Å². The minimum absolute atomic E-state index is 0.854. The fourth-order valence-electron chi connectivity index (χ4n) is 3.87. The van der Waals surface area contributed by atoms with E-state index in [4.69, 9.17) is 4.74 Å². The fourth-order valence-corrected chi connectivity index (χ4v) is 3.87. The minimum atomic E-state index is 0.854. The molecule has 0 radical (unpaired) electrons. The maximum absolute atomic E-state index is 5.63. The van der Waals surface area contributed by atoms with E-state index in [1.807, 2.05) is 0 Å². The first-order valence-corrected chi connectivity index (χ1v) is 9.69. The molecule has 0 aromatic carbocycles. The Morgan fingerprint density at radius 3 is 2.38 bits per heavy atom. The molecule has 0 aromatic heterocycles. The molecule has 0 saturated heterocycles. The summed E-state index contributed by atoms with van der Waals surface area (Å²) in [6.45, 7) is 11.1. The van der Waals surface area contributed by atoms with Crippen molar-refractivity contribution >= 4 is 0 Å². The zero-order valence-electron chi connectivity index (χ0n) is 15.2. The molecule has 1 aliphatic rings. The van der Waals surface area contributed by atoms with Gasteiger partial charge in [0.15, 0.2) is 0 Å². The smallest absolute Gasteiger partial charge is 0.0494 e. The first kappa shape index (κ1) is 19.0. The molecular weight excluding hydrogens is 256 g/mol. The normalized spacial score (nSPS) is 24.4. The third kappa shape index (κ3) is 9.55. The number of ether oxygens (including phenoxy) is 1. The van der Waals surface area contributed by atoms with Crippen molar-refractivity contribution in [2.75, 3.05) is 13.2 Å². The van der Waals surface area contributed by atoms with Gasteiger partial charge in [-0.05, 0) is 43.4 Å². The van der Waals surface area contributed by atoms with Crippen LogP contribution in [0.15, 0.2) is 0 Å². The van der Waals surface area contributed by atoms with Crippen LogP contribution in [-0.2, 0) is 4.74 Å². The van der Waals surface area contributed by atoms with E-state index in [0.29, 0.717) is 0 Å². The Bertz CT molecular complexity index is 236. The Morgan fingerprint density at radius 2 is 1.67 bits per heavy atom. The molecule has 126 valence electrons. The number of rotatable bonds is 11. The summed E-state index contributed by atoms with van der Waals surface area (Å²) in [5.74, 6) is 3.66. The molecule has 1 saturated carbocycles. The molecule has 1 heteroatoms. The predicted octanol–water partition coefficient (Wildman–Crippen LogP) is 6.46. The standard InChI is InChI=1S/C20H40O/c1-5-21-16-20-14-8-13-19(15-20)12-7-11-18(4)10-6-9-17(2)3/h17-20H,5-16H2,1-4H3. The highest BCUT2D eigenvalue weighted by atomic mass is 16.5. The molecule has 1 fully saturated rings. The van der Waals surface area contributed by atoms with Crippen LogP contribution in [0.4, 0.5) is 0 Å². The molecular formula is C20H40O. The average Bonchev–Trinajstić information content (AvgIpc) is 2.45. The predicted molar refractivity (Wildman–Crippen MR) is 93.6 cm³/mol. The lowest BCUT2D eigenvalue weighted by Crippen LogP contribution is -2.20. The van der Waals surface area contributed by atoms with E-state index in [1.165, 1.54) is 64.2 Å². The van der Waals surface area contributed by atoms with Gasteiger partial charge in [0, 0.05) is 13.2 Å². The van der Waals surface area contributed by atoms with Crippen LogP contribution in [0, 0.1) is 23.7 Å². The molecule has 3 unspecified atom stereocenters. The zero-order chi connectivity index (χ0) is 15.5. The quantitative estimate of drug-likeness (QED) is 0.425. The molecule has 21 heavy (non-hydrogen) atoms. The maximum atomic E-state index is 5.63. The van der Waals surface area contributed by atoms with Crippen molar-refractivity contribution in [1.29, 1.82) is 0 Å². The lowest BCUT2D eigenvalue weighted by Gasteiger charge is -2.29. The van der Waals surface area contributed by atoms with Gasteiger partial charge >= 0.3 is 0 Å². The Hall–Kier alpha value is -0.0400. The lowest BCUT2D eigenvalue weighted by molar-refractivity contribution is 0.0809. The van der Waals surface area contributed by atoms with E-state index in [0.717, 1.165) is 36.9 Å². The van der Waals surface area contributed by atoms with Crippen LogP contribution in [0.2, 0.25) is 0 Å². The zero-order valence-corrected chi connectivity index (χ0v) is 15.2. The van der Waals surface area contributed by atoms with E-state index in [2.05, 4.69) is 27.7 Å². The van der Waals surface area contributed by atoms with E-state index in [9.17, 15) is 0 Å². The molecule has 0 heterocycles. The summed E-state index contributed by atoms with van der Waals surface area (Å²) in [4.78, 5) is 0. The fraction of sp³-hybridized carbons (Fsp3) is 1.00. The molecule has 1 aliphatic carbocycles. The summed E-state index contributed by atoms with van der Waals surface area (Å²) in [5.41, 5.74) is 0. The number of hydrogen-bond acceptors (Lipinski definition) is 1. The van der Waals surface area contributed by atoms with Crippen molar-refractivity contribution in [3.05, 3.63) is 0 Å². The van der Waals surface area contributed by atoms with Crippen LogP contribution >= 0.6 is 0 Å². The molecule has 1 rings (SSSR count). The van der Waals surface area contributed by atoms with Gasteiger partial charge in [-0.2, -0.15) is 0 Å². The summed E-state index contributed by atoms with van der Waals surface area (Å²) < 4.78 is 5.63. The van der Waals surface area contributed by atoms with Crippen LogP contribution in [-0.4, -0.2) is 13.2 Å². The van der Waals surface area contributed by atoms with Gasteiger partial charge in [0.1, 0.15) is 0 Å². The van der Waals surface area contributed by atoms with Crippen molar-refractivity contribution in [2.45, 2.75) is 91.9 Å². The lowest BCUT2D eigenvalue weighted by atomic mass is 9.79. The highest BCUT2D eigenvalue weighted by Gasteiger charge is 2.21. The van der Waals surface area contributed by atoms with Gasteiger partial charge in [-0.3, -0.25) is 0 Å². The molecule has 0 aliphatic heterocycles. The summed E-state index contributed by atoms with van der Waals surface area (Å²) >= 11 is 0. The molecule has 3 atom stereocenters. The maximum Gasteiger partial charge on any atom is 0.0494 e. The van der Waals surface area contributed by atoms with Crippen molar-refractivity contribution in [1.82, 2.24) is 0 Å². The van der Waals surface area contributed by atoms with Gasteiger partial charge in [0.05, 0.1) is 0 Å². The van der Waals surface area contributed by atoms with Crippen molar-refractivity contribution in [3.8, 4) is 0 Å². The van der Waals surface area contributed by atoms with Gasteiger partial charge in [0.2, 0.25) is 0 Å². The Kier molecular flexibility index (Phi) is 10.4. The van der Waals surface area contributed by atoms with Crippen LogP contribution in [0.3, 0.4) is 0 Å². The van der Waals surface area contributed by atoms with Gasteiger partial charge in [-0.1, -0.05) is 72.1 Å². The van der Waals surface area contributed by atoms with Crippen molar-refractivity contribution in [2.24, 2.45) is 23.7 Å². The number of hydrogen-bond donors (Lipinski definition) is 0. The topological polar surface area (TPSA) is 9.23 Å². The third-order valence-electron chi connectivity index (χ3n) is 5.24. The highest BCUT2D eigenvalue weighted by molar-refractivity contribution is 4.73. The Labute approximate surface area is 134 Å². The van der Waals surface area contributed by atoms with Gasteiger partial charge in [-0.25, -0.2) is 0 Å². The van der Waals surface area contributed by atoms with Crippen LogP contribution in [0.25, 0.3) is 0 Å². The molecule has 0 N–H and O–H groups in total. The highest BCUT2D eigenvalue weighted by Crippen LogP contribution is 2.33. The molecule has 1 nitrogen and oxygen atoms in total. The SMILES string of the molecule is CCOCC1CCCC(CCCC(C)CCCC(C)C)C1. The summed E-state index contributed by atoms with van der Waals surface area (Å²) in [7, 11) is 0. The van der Waals surface area contributed by atoms with Crippen LogP contribution < -0.4 is 0 Å².